The van der Waals surface area contributed by atoms with Gasteiger partial charge in [-0.1, -0.05) is 52.2 Å². The molecule has 0 radical (unpaired) electrons. The van der Waals surface area contributed by atoms with Crippen molar-refractivity contribution in [2.24, 2.45) is 0 Å². The van der Waals surface area contributed by atoms with Gasteiger partial charge in [0.2, 0.25) is 5.91 Å². The molecule has 0 aliphatic carbocycles. The monoisotopic (exact) mass is 410 g/mol. The zero-order valence-electron chi connectivity index (χ0n) is 13.5. The zero-order chi connectivity index (χ0) is 17.8. The Kier molecular flexibility index (Phi) is 6.23. The molecule has 130 valence electrons. The molecule has 2 aromatic carbocycles. The van der Waals surface area contributed by atoms with Gasteiger partial charge in [-0.15, -0.1) is 11.8 Å². The predicted octanol–water partition coefficient (Wildman–Crippen LogP) is 6.42. The molecule has 1 aromatic heterocycles. The number of nitrogens with one attached hydrogen (secondary N) is 1. The van der Waals surface area contributed by atoms with Crippen LogP contribution in [-0.4, -0.2) is 16.6 Å². The number of fused-ring (bicyclic) bond motifs is 1. The fourth-order valence-electron chi connectivity index (χ4n) is 2.23. The maximum absolute atomic E-state index is 12.1. The molecule has 0 spiro atoms. The number of aryl methyl sites for hydroxylation is 1. The Hall–Kier alpha value is -1.27. The second kappa shape index (κ2) is 8.41. The van der Waals surface area contributed by atoms with Crippen molar-refractivity contribution in [1.82, 2.24) is 4.98 Å². The number of thioether (sulfide) groups is 1. The van der Waals surface area contributed by atoms with E-state index in [1.807, 2.05) is 6.07 Å². The maximum atomic E-state index is 12.1. The summed E-state index contributed by atoms with van der Waals surface area (Å²) in [6.07, 6.45) is 1.27. The van der Waals surface area contributed by atoms with Gasteiger partial charge in [-0.2, -0.15) is 0 Å². The molecule has 3 aromatic rings. The average molecular weight is 411 g/mol. The van der Waals surface area contributed by atoms with Gasteiger partial charge in [-0.25, -0.2) is 4.98 Å². The van der Waals surface area contributed by atoms with Gasteiger partial charge >= 0.3 is 0 Å². The minimum Gasteiger partial charge on any atom is -0.302 e. The number of hydrogen-bond acceptors (Lipinski definition) is 4. The zero-order valence-corrected chi connectivity index (χ0v) is 16.7. The molecular formula is C18H16Cl2N2OS2. The number of aromatic nitrogens is 1. The molecular weight excluding hydrogens is 395 g/mol. The van der Waals surface area contributed by atoms with E-state index in [1.54, 1.807) is 17.8 Å². The van der Waals surface area contributed by atoms with Gasteiger partial charge in [0.25, 0.3) is 0 Å². The third kappa shape index (κ3) is 4.88. The number of anilines is 1. The second-order valence-electron chi connectivity index (χ2n) is 5.54. The first kappa shape index (κ1) is 18.5. The van der Waals surface area contributed by atoms with Crippen molar-refractivity contribution in [3.8, 4) is 0 Å². The minimum atomic E-state index is -0.0363. The van der Waals surface area contributed by atoms with Crippen molar-refractivity contribution < 1.29 is 4.79 Å². The summed E-state index contributed by atoms with van der Waals surface area (Å²) in [5.41, 5.74) is 1.88. The molecule has 0 bridgehead atoms. The standard InChI is InChI=1S/C18H16Cl2N2OS2/c1-11-4-6-12(7-5-11)24-10-2-3-15(23)21-18-22-17-14(25-18)9-8-13(19)16(17)20/h4-9H,2-3,10H2,1H3,(H,21,22,23). The Morgan fingerprint density at radius 1 is 1.20 bits per heavy atom. The average Bonchev–Trinajstić information content (AvgIpc) is 3.00. The predicted molar refractivity (Wildman–Crippen MR) is 109 cm³/mol. The smallest absolute Gasteiger partial charge is 0.226 e. The molecule has 0 unspecified atom stereocenters. The lowest BCUT2D eigenvalue weighted by Crippen LogP contribution is -2.11. The molecule has 0 saturated carbocycles. The van der Waals surface area contributed by atoms with Crippen LogP contribution in [0.5, 0.6) is 0 Å². The Morgan fingerprint density at radius 2 is 1.96 bits per heavy atom. The molecule has 0 fully saturated rings. The van der Waals surface area contributed by atoms with Crippen LogP contribution in [0.1, 0.15) is 18.4 Å². The Balaban J connectivity index is 1.49. The van der Waals surface area contributed by atoms with Gasteiger partial charge in [-0.05, 0) is 43.4 Å². The number of carbonyl (C=O) groups excluding carboxylic acids is 1. The SMILES string of the molecule is Cc1ccc(SCCCC(=O)Nc2nc3c(Cl)c(Cl)ccc3s2)cc1. The Bertz CT molecular complexity index is 894. The second-order valence-corrected chi connectivity index (χ2v) is 8.52. The normalized spacial score (nSPS) is 11.0. The van der Waals surface area contributed by atoms with E-state index in [4.69, 9.17) is 23.2 Å². The van der Waals surface area contributed by atoms with Crippen molar-refractivity contribution in [3.05, 3.63) is 52.0 Å². The van der Waals surface area contributed by atoms with E-state index in [-0.39, 0.29) is 5.91 Å². The van der Waals surface area contributed by atoms with E-state index < -0.39 is 0 Å². The number of carbonyl (C=O) groups is 1. The molecule has 3 nitrogen and oxygen atoms in total. The fraction of sp³-hybridized carbons (Fsp3) is 0.222. The van der Waals surface area contributed by atoms with Crippen molar-refractivity contribution in [3.63, 3.8) is 0 Å². The van der Waals surface area contributed by atoms with Crippen LogP contribution < -0.4 is 5.32 Å². The Labute approximate surface area is 164 Å². The quantitative estimate of drug-likeness (QED) is 0.376. The van der Waals surface area contributed by atoms with Crippen molar-refractivity contribution in [1.29, 1.82) is 0 Å². The van der Waals surface area contributed by atoms with Crippen LogP contribution >= 0.6 is 46.3 Å². The lowest BCUT2D eigenvalue weighted by Gasteiger charge is -2.03. The molecule has 0 aliphatic rings. The highest BCUT2D eigenvalue weighted by Crippen LogP contribution is 2.35. The molecule has 0 atom stereocenters. The molecule has 3 rings (SSSR count). The number of nitrogens with zero attached hydrogens (tertiary/aromatic N) is 1. The number of halogens is 2. The summed E-state index contributed by atoms with van der Waals surface area (Å²) in [4.78, 5) is 17.7. The largest absolute Gasteiger partial charge is 0.302 e. The molecule has 1 heterocycles. The van der Waals surface area contributed by atoms with Crippen LogP contribution in [0.15, 0.2) is 41.3 Å². The van der Waals surface area contributed by atoms with Crippen LogP contribution in [0, 0.1) is 6.92 Å². The molecule has 0 saturated heterocycles. The number of amides is 1. The first-order chi connectivity index (χ1) is 12.0. The number of thiazole rings is 1. The number of rotatable bonds is 6. The third-order valence-electron chi connectivity index (χ3n) is 3.54. The van der Waals surface area contributed by atoms with Gasteiger partial charge in [-0.3, -0.25) is 4.79 Å². The molecule has 1 amide bonds. The minimum absolute atomic E-state index is 0.0363. The molecule has 25 heavy (non-hydrogen) atoms. The topological polar surface area (TPSA) is 42.0 Å². The van der Waals surface area contributed by atoms with E-state index in [2.05, 4.69) is 41.5 Å². The van der Waals surface area contributed by atoms with Gasteiger partial charge in [0.05, 0.1) is 14.7 Å². The van der Waals surface area contributed by atoms with E-state index >= 15 is 0 Å². The van der Waals surface area contributed by atoms with Crippen LogP contribution in [0.2, 0.25) is 10.0 Å². The van der Waals surface area contributed by atoms with Gasteiger partial charge in [0.15, 0.2) is 5.13 Å². The number of hydrogen-bond donors (Lipinski definition) is 1. The van der Waals surface area contributed by atoms with E-state index in [0.717, 1.165) is 16.9 Å². The first-order valence-electron chi connectivity index (χ1n) is 7.77. The highest BCUT2D eigenvalue weighted by molar-refractivity contribution is 7.99. The number of benzene rings is 2. The molecule has 0 aliphatic heterocycles. The summed E-state index contributed by atoms with van der Waals surface area (Å²) < 4.78 is 0.902. The summed E-state index contributed by atoms with van der Waals surface area (Å²) >= 11 is 15.3. The van der Waals surface area contributed by atoms with E-state index in [0.29, 0.717) is 27.1 Å². The van der Waals surface area contributed by atoms with Gasteiger partial charge in [0, 0.05) is 11.3 Å². The van der Waals surface area contributed by atoms with E-state index in [1.165, 1.54) is 21.8 Å². The lowest BCUT2D eigenvalue weighted by molar-refractivity contribution is -0.116. The van der Waals surface area contributed by atoms with Gasteiger partial charge < -0.3 is 5.32 Å². The summed E-state index contributed by atoms with van der Waals surface area (Å²) in [5.74, 6) is 0.864. The van der Waals surface area contributed by atoms with Crippen molar-refractivity contribution in [2.45, 2.75) is 24.7 Å². The Morgan fingerprint density at radius 3 is 2.72 bits per heavy atom. The lowest BCUT2D eigenvalue weighted by atomic mass is 10.2. The van der Waals surface area contributed by atoms with Crippen LogP contribution in [0.25, 0.3) is 10.2 Å². The first-order valence-corrected chi connectivity index (χ1v) is 10.3. The summed E-state index contributed by atoms with van der Waals surface area (Å²) in [5, 5.41) is 4.28. The fourth-order valence-corrected chi connectivity index (χ4v) is 4.39. The molecule has 1 N–H and O–H groups in total. The van der Waals surface area contributed by atoms with Crippen LogP contribution in [-0.2, 0) is 4.79 Å². The van der Waals surface area contributed by atoms with Crippen molar-refractivity contribution >= 4 is 67.6 Å². The molecule has 7 heteroatoms. The van der Waals surface area contributed by atoms with Gasteiger partial charge in [0.1, 0.15) is 5.52 Å². The summed E-state index contributed by atoms with van der Waals surface area (Å²) in [7, 11) is 0. The highest BCUT2D eigenvalue weighted by Gasteiger charge is 2.12. The highest BCUT2D eigenvalue weighted by atomic mass is 35.5. The summed E-state index contributed by atoms with van der Waals surface area (Å²) in [6, 6.07) is 12.0. The van der Waals surface area contributed by atoms with Crippen molar-refractivity contribution in [2.75, 3.05) is 11.1 Å². The maximum Gasteiger partial charge on any atom is 0.226 e. The third-order valence-corrected chi connectivity index (χ3v) is 6.36. The van der Waals surface area contributed by atoms with Crippen LogP contribution in [0.4, 0.5) is 5.13 Å². The summed E-state index contributed by atoms with van der Waals surface area (Å²) in [6.45, 7) is 2.07. The van der Waals surface area contributed by atoms with Crippen LogP contribution in [0.3, 0.4) is 0 Å². The van der Waals surface area contributed by atoms with E-state index in [9.17, 15) is 4.79 Å².